The minimum absolute atomic E-state index is 0.00953. The van der Waals surface area contributed by atoms with Gasteiger partial charge in [-0.2, -0.15) is 5.26 Å². The molecule has 1 unspecified atom stereocenters. The van der Waals surface area contributed by atoms with Gasteiger partial charge in [0.2, 0.25) is 11.8 Å². The van der Waals surface area contributed by atoms with Gasteiger partial charge in [0, 0.05) is 30.2 Å². The highest BCUT2D eigenvalue weighted by molar-refractivity contribution is 6.35. The van der Waals surface area contributed by atoms with Crippen LogP contribution >= 0.6 is 11.6 Å². The molecule has 0 radical (unpaired) electrons. The molecule has 3 rings (SSSR count). The number of ketones is 1. The summed E-state index contributed by atoms with van der Waals surface area (Å²) in [7, 11) is 0. The van der Waals surface area contributed by atoms with E-state index < -0.39 is 12.0 Å². The Morgan fingerprint density at radius 1 is 1.34 bits per heavy atom. The van der Waals surface area contributed by atoms with Crippen molar-refractivity contribution in [2.24, 2.45) is 17.3 Å². The molecule has 8 heteroatoms. The van der Waals surface area contributed by atoms with E-state index >= 15 is 0 Å². The van der Waals surface area contributed by atoms with Crippen LogP contribution < -0.4 is 10.6 Å². The second kappa shape index (κ2) is 9.74. The first kappa shape index (κ1) is 23.8. The predicted molar refractivity (Wildman–Crippen MR) is 123 cm³/mol. The van der Waals surface area contributed by atoms with Gasteiger partial charge in [-0.15, -0.1) is 0 Å². The number of nitriles is 1. The number of carbonyl (C=O) groups excluding carboxylic acids is 3. The van der Waals surface area contributed by atoms with Crippen LogP contribution in [0.2, 0.25) is 5.02 Å². The molecule has 1 saturated heterocycles. The molecule has 3 atom stereocenters. The van der Waals surface area contributed by atoms with E-state index in [1.54, 1.807) is 12.1 Å². The fourth-order valence-corrected chi connectivity index (χ4v) is 4.42. The van der Waals surface area contributed by atoms with Crippen LogP contribution in [-0.2, 0) is 9.59 Å². The summed E-state index contributed by atoms with van der Waals surface area (Å²) >= 11 is 6.21. The van der Waals surface area contributed by atoms with Crippen LogP contribution in [0.5, 0.6) is 0 Å². The van der Waals surface area contributed by atoms with Gasteiger partial charge in [0.15, 0.2) is 5.78 Å². The van der Waals surface area contributed by atoms with Crippen molar-refractivity contribution in [2.75, 3.05) is 6.54 Å². The second-order valence-electron chi connectivity index (χ2n) is 9.68. The summed E-state index contributed by atoms with van der Waals surface area (Å²) in [4.78, 5) is 41.0. The summed E-state index contributed by atoms with van der Waals surface area (Å²) in [5, 5.41) is 16.4. The van der Waals surface area contributed by atoms with Crippen molar-refractivity contribution >= 4 is 40.1 Å². The summed E-state index contributed by atoms with van der Waals surface area (Å²) < 4.78 is 0. The molecule has 1 aromatic carbocycles. The van der Waals surface area contributed by atoms with Gasteiger partial charge in [-0.05, 0) is 36.8 Å². The lowest BCUT2D eigenvalue weighted by Gasteiger charge is -2.26. The van der Waals surface area contributed by atoms with E-state index in [-0.39, 0.29) is 41.8 Å². The van der Waals surface area contributed by atoms with Crippen molar-refractivity contribution in [1.29, 1.82) is 5.26 Å². The fourth-order valence-electron chi connectivity index (χ4n) is 4.19. The van der Waals surface area contributed by atoms with Gasteiger partial charge in [-0.25, -0.2) is 0 Å². The highest BCUT2D eigenvalue weighted by atomic mass is 35.5. The van der Waals surface area contributed by atoms with Crippen molar-refractivity contribution < 1.29 is 14.4 Å². The van der Waals surface area contributed by atoms with Gasteiger partial charge in [0.1, 0.15) is 6.04 Å². The van der Waals surface area contributed by atoms with Crippen LogP contribution in [-0.4, -0.2) is 35.2 Å². The Kier molecular flexibility index (Phi) is 7.25. The predicted octanol–water partition coefficient (Wildman–Crippen LogP) is 3.98. The van der Waals surface area contributed by atoms with Crippen LogP contribution in [0.1, 0.15) is 56.9 Å². The molecular formula is C24H29ClN4O3. The topological polar surface area (TPSA) is 115 Å². The number of fused-ring (bicyclic) bond motifs is 1. The third-order valence-corrected chi connectivity index (χ3v) is 6.04. The maximum absolute atomic E-state index is 13.1. The maximum Gasteiger partial charge on any atom is 0.224 e. The summed E-state index contributed by atoms with van der Waals surface area (Å²) in [6.07, 6.45) is 1.41. The first-order chi connectivity index (χ1) is 15.1. The van der Waals surface area contributed by atoms with Gasteiger partial charge in [0.05, 0.1) is 22.3 Å². The lowest BCUT2D eigenvalue weighted by atomic mass is 9.81. The largest absolute Gasteiger partial charge is 0.356 e. The monoisotopic (exact) mass is 456 g/mol. The number of Topliss-reactive ketones (excluding diaryl/α,β-unsaturated/α-hetero) is 1. The van der Waals surface area contributed by atoms with Crippen LogP contribution in [0.4, 0.5) is 0 Å². The first-order valence-corrected chi connectivity index (χ1v) is 11.2. The highest BCUT2D eigenvalue weighted by Crippen LogP contribution is 2.29. The summed E-state index contributed by atoms with van der Waals surface area (Å²) in [5.41, 5.74) is 0.896. The highest BCUT2D eigenvalue weighted by Gasteiger charge is 2.32. The number of aromatic amines is 1. The van der Waals surface area contributed by atoms with E-state index in [0.29, 0.717) is 35.6 Å². The molecule has 2 aromatic rings. The first-order valence-electron chi connectivity index (χ1n) is 10.9. The number of hydrogen-bond donors (Lipinski definition) is 3. The summed E-state index contributed by atoms with van der Waals surface area (Å²) in [6.45, 7) is 6.60. The van der Waals surface area contributed by atoms with E-state index in [1.165, 1.54) is 0 Å². The molecule has 0 saturated carbocycles. The van der Waals surface area contributed by atoms with E-state index in [4.69, 9.17) is 11.6 Å². The minimum Gasteiger partial charge on any atom is -0.356 e. The van der Waals surface area contributed by atoms with Crippen molar-refractivity contribution in [3.63, 3.8) is 0 Å². The standard InChI is InChI=1S/C24H29ClN4O3/c1-24(2,3)12-16(23(32)28-17(13-26)9-15-7-8-27-22(15)31)11-20(30)19-10-14-5-4-6-18(25)21(14)29-19/h4-6,10,15-17,29H,7-9,11-12H2,1-3H3,(H,27,31)(H,28,32)/t15?,16-,17-/m0/s1. The molecule has 0 spiro atoms. The number of carbonyl (C=O) groups is 3. The van der Waals surface area contributed by atoms with E-state index in [0.717, 1.165) is 5.39 Å². The number of hydrogen-bond acceptors (Lipinski definition) is 4. The van der Waals surface area contributed by atoms with Crippen LogP contribution in [0, 0.1) is 28.6 Å². The molecular weight excluding hydrogens is 428 g/mol. The molecule has 1 aliphatic heterocycles. The van der Waals surface area contributed by atoms with Crippen molar-refractivity contribution in [3.05, 3.63) is 35.0 Å². The van der Waals surface area contributed by atoms with Crippen LogP contribution in [0.25, 0.3) is 10.9 Å². The van der Waals surface area contributed by atoms with Crippen LogP contribution in [0.15, 0.2) is 24.3 Å². The zero-order valence-corrected chi connectivity index (χ0v) is 19.4. The molecule has 2 amide bonds. The van der Waals surface area contributed by atoms with E-state index in [1.807, 2.05) is 32.9 Å². The number of nitrogens with zero attached hydrogens (tertiary/aromatic N) is 1. The Bertz CT molecular complexity index is 1060. The number of para-hydroxylation sites is 1. The second-order valence-corrected chi connectivity index (χ2v) is 10.1. The van der Waals surface area contributed by atoms with Gasteiger partial charge in [0.25, 0.3) is 0 Å². The Morgan fingerprint density at radius 3 is 2.69 bits per heavy atom. The molecule has 170 valence electrons. The Morgan fingerprint density at radius 2 is 2.09 bits per heavy atom. The Hall–Kier alpha value is -2.85. The number of benzene rings is 1. The zero-order valence-electron chi connectivity index (χ0n) is 18.6. The SMILES string of the molecule is CC(C)(C)C[C@H](CC(=O)c1cc2cccc(Cl)c2[nH]1)C(=O)N[C@H](C#N)CC1CCNC1=O. The maximum atomic E-state index is 13.1. The Balaban J connectivity index is 1.73. The Labute approximate surface area is 192 Å². The number of nitrogens with one attached hydrogen (secondary N) is 3. The zero-order chi connectivity index (χ0) is 23.5. The average Bonchev–Trinajstić information content (AvgIpc) is 3.33. The lowest BCUT2D eigenvalue weighted by molar-refractivity contribution is -0.127. The molecule has 0 bridgehead atoms. The molecule has 1 aromatic heterocycles. The molecule has 2 heterocycles. The molecule has 1 fully saturated rings. The lowest BCUT2D eigenvalue weighted by Crippen LogP contribution is -2.41. The summed E-state index contributed by atoms with van der Waals surface area (Å²) in [5.74, 6) is -1.49. The molecule has 1 aliphatic rings. The van der Waals surface area contributed by atoms with Crippen molar-refractivity contribution in [1.82, 2.24) is 15.6 Å². The normalized spacial score (nSPS) is 18.1. The van der Waals surface area contributed by atoms with E-state index in [9.17, 15) is 19.6 Å². The number of amides is 2. The third kappa shape index (κ3) is 5.89. The smallest absolute Gasteiger partial charge is 0.224 e. The van der Waals surface area contributed by atoms with E-state index in [2.05, 4.69) is 21.7 Å². The molecule has 32 heavy (non-hydrogen) atoms. The number of H-pyrrole nitrogens is 1. The number of rotatable bonds is 8. The minimum atomic E-state index is -0.777. The molecule has 7 nitrogen and oxygen atoms in total. The summed E-state index contributed by atoms with van der Waals surface area (Å²) in [6, 6.07) is 8.48. The molecule has 3 N–H and O–H groups in total. The average molecular weight is 457 g/mol. The molecule has 0 aliphatic carbocycles. The fraction of sp³-hybridized carbons (Fsp3) is 0.500. The number of aromatic nitrogens is 1. The third-order valence-electron chi connectivity index (χ3n) is 5.72. The van der Waals surface area contributed by atoms with Gasteiger partial charge >= 0.3 is 0 Å². The quantitative estimate of drug-likeness (QED) is 0.521. The van der Waals surface area contributed by atoms with Crippen LogP contribution in [0.3, 0.4) is 0 Å². The van der Waals surface area contributed by atoms with Crippen molar-refractivity contribution in [2.45, 2.75) is 52.5 Å². The van der Waals surface area contributed by atoms with Gasteiger partial charge in [-0.1, -0.05) is 44.5 Å². The number of halogens is 1. The van der Waals surface area contributed by atoms with Gasteiger partial charge in [-0.3, -0.25) is 14.4 Å². The van der Waals surface area contributed by atoms with Crippen molar-refractivity contribution in [3.8, 4) is 6.07 Å². The van der Waals surface area contributed by atoms with Gasteiger partial charge < -0.3 is 15.6 Å².